The number of nitrogens with zero attached hydrogens (tertiary/aromatic N) is 2. The number of halogens is 3. The molecule has 1 amide bonds. The first-order valence-corrected chi connectivity index (χ1v) is 10.3. The summed E-state index contributed by atoms with van der Waals surface area (Å²) in [7, 11) is 14.5. The van der Waals surface area contributed by atoms with Crippen LogP contribution in [0.1, 0.15) is 10.4 Å². The molecule has 0 radical (unpaired) electrons. The number of piperidine rings is 1. The molecule has 1 N–H and O–H groups in total. The molecule has 30 heavy (non-hydrogen) atoms. The van der Waals surface area contributed by atoms with Crippen LogP contribution in [0.15, 0.2) is 18.2 Å². The molecule has 1 saturated heterocycles. The number of alkyl halides is 1. The van der Waals surface area contributed by atoms with Gasteiger partial charge in [-0.3, -0.25) is 4.79 Å². The summed E-state index contributed by atoms with van der Waals surface area (Å²) in [5, 5.41) is 15.4. The molecule has 1 atom stereocenters. The standard InChI is InChI=1S/C14H22B9ClF2N2O2/c15-9(30,4-27)10(26)11(16,17)13(20,21)28(14(22,23)12(10,18)19)8(29)5-1-2-7(25)6(24)3-5/h1-3,30H,15-23H2. The van der Waals surface area contributed by atoms with Gasteiger partial charge in [-0.05, 0) is 39.3 Å². The first-order chi connectivity index (χ1) is 13.3. The van der Waals surface area contributed by atoms with Crippen molar-refractivity contribution in [2.45, 2.75) is 32.3 Å². The second kappa shape index (κ2) is 6.94. The molecule has 1 heterocycles. The molecule has 4 nitrogen and oxygen atoms in total. The molecular weight excluding hydrogens is 399 g/mol. The van der Waals surface area contributed by atoms with Crippen LogP contribution in [0.4, 0.5) is 8.78 Å². The van der Waals surface area contributed by atoms with Crippen LogP contribution >= 0.6 is 11.6 Å². The molecule has 16 heteroatoms. The molecular formula is C14H22B9ClF2N2O2. The monoisotopic (exact) mass is 422 g/mol. The van der Waals surface area contributed by atoms with E-state index in [1.807, 2.05) is 0 Å². The van der Waals surface area contributed by atoms with Crippen LogP contribution in [0, 0.1) is 17.1 Å². The summed E-state index contributed by atoms with van der Waals surface area (Å²) in [5.74, 6) is -1.08. The lowest BCUT2D eigenvalue weighted by Gasteiger charge is -2.76. The number of aliphatic hydroxyl groups is 1. The lowest BCUT2D eigenvalue weighted by Crippen LogP contribution is -2.87. The Kier molecular flexibility index (Phi) is 5.81. The Bertz CT molecular complexity index is 924. The van der Waals surface area contributed by atoms with Gasteiger partial charge in [-0.1, -0.05) is 11.6 Å². The Labute approximate surface area is 189 Å². The van der Waals surface area contributed by atoms with E-state index in [1.165, 1.54) is 20.0 Å². The Morgan fingerprint density at radius 3 is 1.90 bits per heavy atom. The first-order valence-electron chi connectivity index (χ1n) is 9.88. The average molecular weight is 421 g/mol. The maximum atomic E-state index is 17.2. The zero-order valence-electron chi connectivity index (χ0n) is 19.1. The fourth-order valence-corrected chi connectivity index (χ4v) is 5.62. The van der Waals surface area contributed by atoms with Gasteiger partial charge in [0.2, 0.25) is 0 Å². The maximum Gasteiger partial charge on any atom is 0.252 e. The molecule has 148 valence electrons. The van der Waals surface area contributed by atoms with Crippen LogP contribution in [0.3, 0.4) is 0 Å². The molecule has 0 bridgehead atoms. The van der Waals surface area contributed by atoms with Crippen molar-refractivity contribution >= 4 is 88.1 Å². The van der Waals surface area contributed by atoms with Crippen LogP contribution < -0.4 is 0 Å². The van der Waals surface area contributed by atoms with Gasteiger partial charge < -0.3 is 10.0 Å². The molecule has 1 aliphatic heterocycles. The molecule has 1 unspecified atom stereocenters. The van der Waals surface area contributed by atoms with Crippen LogP contribution in [0.25, 0.3) is 0 Å². The third-order valence-corrected chi connectivity index (χ3v) is 8.45. The third kappa shape index (κ3) is 2.82. The number of benzene rings is 1. The third-order valence-electron chi connectivity index (χ3n) is 8.16. The summed E-state index contributed by atoms with van der Waals surface area (Å²) in [6.07, 6.45) is 0. The minimum absolute atomic E-state index is 0.174. The largest absolute Gasteiger partial charge is 0.381 e. The van der Waals surface area contributed by atoms with Crippen LogP contribution in [0.5, 0.6) is 0 Å². The molecule has 0 saturated carbocycles. The lowest BCUT2D eigenvalue weighted by atomic mass is 9.13. The zero-order chi connectivity index (χ0) is 23.7. The van der Waals surface area contributed by atoms with Crippen LogP contribution in [-0.2, 0) is 0 Å². The van der Waals surface area contributed by atoms with Crippen molar-refractivity contribution in [3.63, 3.8) is 0 Å². The van der Waals surface area contributed by atoms with E-state index >= 15 is 4.39 Å². The smallest absolute Gasteiger partial charge is 0.252 e. The van der Waals surface area contributed by atoms with Crippen molar-refractivity contribution in [1.82, 2.24) is 4.90 Å². The van der Waals surface area contributed by atoms with Gasteiger partial charge in [-0.25, -0.2) is 8.78 Å². The number of likely N-dealkylation sites (tertiary alicyclic amines) is 1. The highest BCUT2D eigenvalue weighted by molar-refractivity contribution is 6.63. The Balaban J connectivity index is 2.85. The van der Waals surface area contributed by atoms with Gasteiger partial charge in [0.15, 0.2) is 7.85 Å². The normalized spacial score (nSPS) is 24.8. The number of rotatable bonds is 2. The van der Waals surface area contributed by atoms with Crippen LogP contribution in [-0.4, -0.2) is 108 Å². The topological polar surface area (TPSA) is 64.3 Å². The molecule has 2 rings (SSSR count). The molecule has 1 aliphatic rings. The second-order valence-corrected chi connectivity index (χ2v) is 10.9. The molecule has 0 spiro atoms. The number of carbonyl (C=O) groups is 1. The summed E-state index contributed by atoms with van der Waals surface area (Å²) in [5.41, 5.74) is -4.54. The predicted molar refractivity (Wildman–Crippen MR) is 140 cm³/mol. The van der Waals surface area contributed by atoms with Crippen molar-refractivity contribution < 1.29 is 18.7 Å². The zero-order valence-corrected chi connectivity index (χ0v) is 19.9. The molecule has 0 aromatic heterocycles. The summed E-state index contributed by atoms with van der Waals surface area (Å²) >= 11 is 5.90. The lowest BCUT2D eigenvalue weighted by molar-refractivity contribution is -0.0910. The number of carbonyl (C=O) groups excluding carboxylic acids is 1. The van der Waals surface area contributed by atoms with Gasteiger partial charge in [-0.15, -0.1) is 0 Å². The van der Waals surface area contributed by atoms with Gasteiger partial charge in [-0.2, -0.15) is 5.26 Å². The van der Waals surface area contributed by atoms with E-state index in [9.17, 15) is 19.6 Å². The van der Waals surface area contributed by atoms with Crippen molar-refractivity contribution in [3.05, 3.63) is 34.6 Å². The predicted octanol–water partition coefficient (Wildman–Crippen LogP) is -6.91. The van der Waals surface area contributed by atoms with E-state index in [0.29, 0.717) is 0 Å². The van der Waals surface area contributed by atoms with Crippen molar-refractivity contribution in [2.24, 2.45) is 0 Å². The number of nitriles is 1. The minimum Gasteiger partial charge on any atom is -0.381 e. The van der Waals surface area contributed by atoms with E-state index in [2.05, 4.69) is 0 Å². The molecule has 0 aliphatic carbocycles. The highest BCUT2D eigenvalue weighted by atomic mass is 35.5. The Hall–Kier alpha value is -1.13. The summed E-state index contributed by atoms with van der Waals surface area (Å²) in [6.45, 7) is 0. The maximum absolute atomic E-state index is 17.2. The highest BCUT2D eigenvalue weighted by Crippen LogP contribution is 2.67. The van der Waals surface area contributed by atoms with Gasteiger partial charge in [0.1, 0.15) is 79.8 Å². The minimum atomic E-state index is -2.40. The van der Waals surface area contributed by atoms with E-state index in [4.69, 9.17) is 11.6 Å². The van der Waals surface area contributed by atoms with Crippen molar-refractivity contribution in [3.8, 4) is 6.07 Å². The number of hydrogen-bond acceptors (Lipinski definition) is 3. The molecule has 1 aromatic carbocycles. The fraction of sp³-hybridized carbons (Fsp3) is 0.429. The summed E-state index contributed by atoms with van der Waals surface area (Å²) < 4.78 is 30.8. The van der Waals surface area contributed by atoms with Crippen molar-refractivity contribution in [1.29, 1.82) is 5.26 Å². The van der Waals surface area contributed by atoms with Crippen LogP contribution in [0.2, 0.25) is 15.5 Å². The summed E-state index contributed by atoms with van der Waals surface area (Å²) in [6, 6.07) is 5.47. The first kappa shape index (κ1) is 25.1. The Morgan fingerprint density at radius 1 is 1.10 bits per heavy atom. The van der Waals surface area contributed by atoms with Crippen molar-refractivity contribution in [2.75, 3.05) is 0 Å². The Morgan fingerprint density at radius 2 is 1.53 bits per heavy atom. The number of hydrogen-bond donors (Lipinski definition) is 1. The summed E-state index contributed by atoms with van der Waals surface area (Å²) in [4.78, 5) is 15.3. The van der Waals surface area contributed by atoms with E-state index in [-0.39, 0.29) is 10.6 Å². The highest BCUT2D eigenvalue weighted by Gasteiger charge is 2.76. The molecule has 1 fully saturated rings. The second-order valence-electron chi connectivity index (χ2n) is 10.5. The van der Waals surface area contributed by atoms with E-state index in [1.54, 1.807) is 73.7 Å². The van der Waals surface area contributed by atoms with Gasteiger partial charge >= 0.3 is 0 Å². The van der Waals surface area contributed by atoms with Gasteiger partial charge in [0.05, 0.1) is 11.1 Å². The number of amides is 1. The van der Waals surface area contributed by atoms with E-state index in [0.717, 1.165) is 6.07 Å². The van der Waals surface area contributed by atoms with E-state index < -0.39 is 44.0 Å². The fourth-order valence-electron chi connectivity index (χ4n) is 5.44. The average Bonchev–Trinajstić information content (AvgIpc) is 2.61. The van der Waals surface area contributed by atoms with Gasteiger partial charge in [0, 0.05) is 5.56 Å². The van der Waals surface area contributed by atoms with Gasteiger partial charge in [0.25, 0.3) is 5.91 Å². The SMILES string of the molecule is BC(O)(C#N)C1(F)C(B)(B)C(B)(B)N(C(=O)c2ccc(F)c(Cl)c2)C(B)(B)C1(B)B. The quantitative estimate of drug-likeness (QED) is 0.382. The molecule has 1 aromatic rings.